The number of hydrogen-bond acceptors (Lipinski definition) is 3. The summed E-state index contributed by atoms with van der Waals surface area (Å²) in [4.78, 5) is 24.5. The van der Waals surface area contributed by atoms with Crippen molar-refractivity contribution in [3.63, 3.8) is 0 Å². The number of urea groups is 1. The number of carbonyl (C=O) groups excluding carboxylic acids is 1. The maximum atomic E-state index is 11.9. The zero-order valence-electron chi connectivity index (χ0n) is 10.4. The minimum absolute atomic E-state index is 0.223. The third kappa shape index (κ3) is 2.29. The Labute approximate surface area is 104 Å². The van der Waals surface area contributed by atoms with Gasteiger partial charge in [0, 0.05) is 32.4 Å². The fourth-order valence-corrected chi connectivity index (χ4v) is 1.98. The summed E-state index contributed by atoms with van der Waals surface area (Å²) >= 11 is 0. The Bertz CT molecular complexity index is 484. The van der Waals surface area contributed by atoms with Gasteiger partial charge in [-0.2, -0.15) is 5.10 Å². The largest absolute Gasteiger partial charge is 0.481 e. The lowest BCUT2D eigenvalue weighted by atomic mass is 9.90. The average Bonchev–Trinajstić information content (AvgIpc) is 2.86. The molecule has 1 atom stereocenters. The van der Waals surface area contributed by atoms with Crippen molar-refractivity contribution < 1.29 is 14.7 Å². The summed E-state index contributed by atoms with van der Waals surface area (Å²) in [6.07, 6.45) is 2.19. The van der Waals surface area contributed by atoms with Gasteiger partial charge in [0.05, 0.1) is 5.41 Å². The van der Waals surface area contributed by atoms with E-state index < -0.39 is 11.4 Å². The highest BCUT2D eigenvalue weighted by Crippen LogP contribution is 2.30. The van der Waals surface area contributed by atoms with Crippen molar-refractivity contribution in [2.45, 2.75) is 13.3 Å². The number of carboxylic acids is 1. The van der Waals surface area contributed by atoms with E-state index in [1.165, 1.54) is 4.90 Å². The third-order valence-electron chi connectivity index (χ3n) is 3.23. The number of rotatable bonds is 2. The zero-order valence-corrected chi connectivity index (χ0v) is 10.4. The number of carbonyl (C=O) groups is 2. The fraction of sp³-hybridized carbons (Fsp3) is 0.545. The molecule has 2 amide bonds. The lowest BCUT2D eigenvalue weighted by Crippen LogP contribution is -2.37. The molecule has 1 aromatic heterocycles. The molecular weight excluding hydrogens is 236 g/mol. The minimum Gasteiger partial charge on any atom is -0.481 e. The Kier molecular flexibility index (Phi) is 2.98. The predicted molar refractivity (Wildman–Crippen MR) is 64.2 cm³/mol. The second-order valence-corrected chi connectivity index (χ2v) is 4.84. The highest BCUT2D eigenvalue weighted by Gasteiger charge is 2.42. The van der Waals surface area contributed by atoms with Gasteiger partial charge >= 0.3 is 12.0 Å². The first-order valence-electron chi connectivity index (χ1n) is 5.70. The fourth-order valence-electron chi connectivity index (χ4n) is 1.98. The molecule has 1 fully saturated rings. The number of aromatic nitrogens is 2. The van der Waals surface area contributed by atoms with Gasteiger partial charge in [0.1, 0.15) is 0 Å². The first-order chi connectivity index (χ1) is 8.40. The van der Waals surface area contributed by atoms with Crippen molar-refractivity contribution in [1.82, 2.24) is 14.7 Å². The molecule has 1 unspecified atom stereocenters. The van der Waals surface area contributed by atoms with Crippen LogP contribution in [0.4, 0.5) is 10.6 Å². The lowest BCUT2D eigenvalue weighted by Gasteiger charge is -2.19. The van der Waals surface area contributed by atoms with E-state index in [-0.39, 0.29) is 12.6 Å². The quantitative estimate of drug-likeness (QED) is 0.813. The predicted octanol–water partition coefficient (Wildman–Crippen LogP) is 0.749. The number of nitrogens with zero attached hydrogens (tertiary/aromatic N) is 3. The summed E-state index contributed by atoms with van der Waals surface area (Å²) in [7, 11) is 1.76. The van der Waals surface area contributed by atoms with E-state index in [9.17, 15) is 9.59 Å². The summed E-state index contributed by atoms with van der Waals surface area (Å²) < 4.78 is 1.58. The maximum Gasteiger partial charge on any atom is 0.323 e. The molecule has 0 bridgehead atoms. The molecule has 0 aromatic carbocycles. The van der Waals surface area contributed by atoms with E-state index in [1.807, 2.05) is 0 Å². The molecule has 1 saturated heterocycles. The minimum atomic E-state index is -0.865. The first kappa shape index (κ1) is 12.4. The molecule has 7 heteroatoms. The summed E-state index contributed by atoms with van der Waals surface area (Å²) in [5, 5.41) is 15.8. The number of amides is 2. The normalized spacial score (nSPS) is 23.1. The summed E-state index contributed by atoms with van der Waals surface area (Å²) in [6.45, 7) is 2.33. The van der Waals surface area contributed by atoms with E-state index in [0.29, 0.717) is 18.8 Å². The second kappa shape index (κ2) is 4.32. The Morgan fingerprint density at radius 2 is 2.28 bits per heavy atom. The summed E-state index contributed by atoms with van der Waals surface area (Å²) in [5.41, 5.74) is -0.846. The molecular formula is C11H16N4O3. The van der Waals surface area contributed by atoms with Crippen LogP contribution >= 0.6 is 0 Å². The van der Waals surface area contributed by atoms with Crippen molar-refractivity contribution >= 4 is 17.8 Å². The smallest absolute Gasteiger partial charge is 0.323 e. The molecule has 2 heterocycles. The number of anilines is 1. The van der Waals surface area contributed by atoms with Crippen LogP contribution in [0.1, 0.15) is 13.3 Å². The molecule has 1 aromatic rings. The third-order valence-corrected chi connectivity index (χ3v) is 3.23. The van der Waals surface area contributed by atoms with Crippen molar-refractivity contribution in [1.29, 1.82) is 0 Å². The molecule has 1 aliphatic rings. The molecule has 0 saturated carbocycles. The van der Waals surface area contributed by atoms with E-state index in [4.69, 9.17) is 5.11 Å². The van der Waals surface area contributed by atoms with Crippen molar-refractivity contribution in [2.24, 2.45) is 12.5 Å². The van der Waals surface area contributed by atoms with Gasteiger partial charge in [-0.1, -0.05) is 0 Å². The van der Waals surface area contributed by atoms with Gasteiger partial charge in [-0.25, -0.2) is 4.79 Å². The van der Waals surface area contributed by atoms with Gasteiger partial charge < -0.3 is 10.0 Å². The van der Waals surface area contributed by atoms with Crippen LogP contribution in [0.3, 0.4) is 0 Å². The Morgan fingerprint density at radius 3 is 2.78 bits per heavy atom. The van der Waals surface area contributed by atoms with Crippen LogP contribution in [0, 0.1) is 5.41 Å². The second-order valence-electron chi connectivity index (χ2n) is 4.84. The standard InChI is InChI=1S/C11H16N4O3/c1-11(9(16)17)4-6-15(7-11)10(18)12-8-3-5-14(2)13-8/h3,5H,4,6-7H2,1-2H3,(H,16,17)(H,12,13,18). The van der Waals surface area contributed by atoms with E-state index in [0.717, 1.165) is 0 Å². The van der Waals surface area contributed by atoms with Crippen molar-refractivity contribution in [3.8, 4) is 0 Å². The van der Waals surface area contributed by atoms with Gasteiger partial charge in [0.15, 0.2) is 5.82 Å². The number of carboxylic acid groups (broad SMARTS) is 1. The maximum absolute atomic E-state index is 11.9. The van der Waals surface area contributed by atoms with Crippen LogP contribution in [-0.4, -0.2) is 44.9 Å². The summed E-state index contributed by atoms with van der Waals surface area (Å²) in [6, 6.07) is 1.38. The first-order valence-corrected chi connectivity index (χ1v) is 5.70. The Balaban J connectivity index is 1.98. The van der Waals surface area contributed by atoms with Gasteiger partial charge in [0.2, 0.25) is 0 Å². The van der Waals surface area contributed by atoms with Gasteiger partial charge in [-0.05, 0) is 13.3 Å². The van der Waals surface area contributed by atoms with Crippen LogP contribution in [-0.2, 0) is 11.8 Å². The molecule has 0 aliphatic carbocycles. The monoisotopic (exact) mass is 252 g/mol. The zero-order chi connectivity index (χ0) is 13.3. The van der Waals surface area contributed by atoms with E-state index in [2.05, 4.69) is 10.4 Å². The average molecular weight is 252 g/mol. The van der Waals surface area contributed by atoms with Crippen LogP contribution in [0.5, 0.6) is 0 Å². The highest BCUT2D eigenvalue weighted by atomic mass is 16.4. The molecule has 2 N–H and O–H groups in total. The SMILES string of the molecule is Cn1ccc(NC(=O)N2CCC(C)(C(=O)O)C2)n1. The van der Waals surface area contributed by atoms with Crippen LogP contribution in [0.2, 0.25) is 0 Å². The van der Waals surface area contributed by atoms with Crippen molar-refractivity contribution in [3.05, 3.63) is 12.3 Å². The Morgan fingerprint density at radius 1 is 1.56 bits per heavy atom. The van der Waals surface area contributed by atoms with E-state index in [1.54, 1.807) is 30.9 Å². The van der Waals surface area contributed by atoms with Gasteiger partial charge in [-0.15, -0.1) is 0 Å². The molecule has 2 rings (SSSR count). The van der Waals surface area contributed by atoms with Crippen LogP contribution in [0.15, 0.2) is 12.3 Å². The number of likely N-dealkylation sites (tertiary alicyclic amines) is 1. The molecule has 1 aliphatic heterocycles. The number of nitrogens with one attached hydrogen (secondary N) is 1. The molecule has 7 nitrogen and oxygen atoms in total. The van der Waals surface area contributed by atoms with Crippen LogP contribution in [0.25, 0.3) is 0 Å². The van der Waals surface area contributed by atoms with Crippen LogP contribution < -0.4 is 5.32 Å². The molecule has 18 heavy (non-hydrogen) atoms. The van der Waals surface area contributed by atoms with Crippen molar-refractivity contribution in [2.75, 3.05) is 18.4 Å². The highest BCUT2D eigenvalue weighted by molar-refractivity contribution is 5.89. The lowest BCUT2D eigenvalue weighted by molar-refractivity contribution is -0.146. The van der Waals surface area contributed by atoms with Gasteiger partial charge in [-0.3, -0.25) is 14.8 Å². The number of hydrogen-bond donors (Lipinski definition) is 2. The van der Waals surface area contributed by atoms with E-state index >= 15 is 0 Å². The Hall–Kier alpha value is -2.05. The molecule has 0 radical (unpaired) electrons. The number of aliphatic carboxylic acids is 1. The summed E-state index contributed by atoms with van der Waals surface area (Å²) in [5.74, 6) is -0.401. The number of aryl methyl sites for hydroxylation is 1. The molecule has 0 spiro atoms. The van der Waals surface area contributed by atoms with Gasteiger partial charge in [0.25, 0.3) is 0 Å². The topological polar surface area (TPSA) is 87.5 Å². The molecule has 98 valence electrons.